The number of amides is 1. The number of rotatable bonds is 6. The van der Waals surface area contributed by atoms with Crippen molar-refractivity contribution in [2.24, 2.45) is 0 Å². The lowest BCUT2D eigenvalue weighted by Gasteiger charge is -2.27. The fraction of sp³-hybridized carbons (Fsp3) is 0.316. The summed E-state index contributed by atoms with van der Waals surface area (Å²) in [5.74, 6) is 2.45. The van der Waals surface area contributed by atoms with Gasteiger partial charge in [0.1, 0.15) is 24.2 Å². The molecule has 1 aliphatic heterocycles. The van der Waals surface area contributed by atoms with Crippen LogP contribution in [-0.2, 0) is 4.79 Å². The Balaban J connectivity index is 1.49. The second kappa shape index (κ2) is 7.79. The van der Waals surface area contributed by atoms with Crippen LogP contribution in [0.4, 0.5) is 0 Å². The third kappa shape index (κ3) is 4.35. The summed E-state index contributed by atoms with van der Waals surface area (Å²) < 4.78 is 22.2. The van der Waals surface area contributed by atoms with Crippen molar-refractivity contribution in [3.05, 3.63) is 48.5 Å². The Morgan fingerprint density at radius 3 is 2.76 bits per heavy atom. The van der Waals surface area contributed by atoms with Crippen molar-refractivity contribution in [2.45, 2.75) is 19.1 Å². The zero-order chi connectivity index (χ0) is 17.6. The first-order chi connectivity index (χ1) is 12.2. The van der Waals surface area contributed by atoms with E-state index in [-0.39, 0.29) is 12.0 Å². The summed E-state index contributed by atoms with van der Waals surface area (Å²) in [5, 5.41) is 2.83. The number of fused-ring (bicyclic) bond motifs is 1. The van der Waals surface area contributed by atoms with Gasteiger partial charge in [-0.3, -0.25) is 4.79 Å². The monoisotopic (exact) mass is 343 g/mol. The van der Waals surface area contributed by atoms with E-state index >= 15 is 0 Å². The molecule has 0 aliphatic carbocycles. The fourth-order valence-electron chi connectivity index (χ4n) is 2.45. The van der Waals surface area contributed by atoms with Crippen molar-refractivity contribution < 1.29 is 23.7 Å². The number of hydrogen-bond donors (Lipinski definition) is 1. The van der Waals surface area contributed by atoms with E-state index in [0.717, 1.165) is 5.75 Å². The van der Waals surface area contributed by atoms with Crippen molar-refractivity contribution in [1.29, 1.82) is 0 Å². The van der Waals surface area contributed by atoms with Gasteiger partial charge in [0.25, 0.3) is 5.91 Å². The molecule has 0 saturated carbocycles. The molecule has 2 atom stereocenters. The molecule has 1 aliphatic rings. The van der Waals surface area contributed by atoms with Gasteiger partial charge in [0, 0.05) is 6.07 Å². The van der Waals surface area contributed by atoms with Crippen molar-refractivity contribution in [3.63, 3.8) is 0 Å². The van der Waals surface area contributed by atoms with Crippen LogP contribution < -0.4 is 24.3 Å². The zero-order valence-corrected chi connectivity index (χ0v) is 14.2. The van der Waals surface area contributed by atoms with E-state index in [0.29, 0.717) is 30.4 Å². The van der Waals surface area contributed by atoms with Gasteiger partial charge in [-0.15, -0.1) is 0 Å². The average Bonchev–Trinajstić information content (AvgIpc) is 2.66. The Morgan fingerprint density at radius 1 is 1.20 bits per heavy atom. The van der Waals surface area contributed by atoms with Crippen LogP contribution in [-0.4, -0.2) is 38.4 Å². The molecule has 0 bridgehead atoms. The Labute approximate surface area is 146 Å². The van der Waals surface area contributed by atoms with Crippen LogP contribution in [0.15, 0.2) is 48.5 Å². The first kappa shape index (κ1) is 17.0. The van der Waals surface area contributed by atoms with Crippen LogP contribution in [0.2, 0.25) is 0 Å². The molecule has 0 radical (unpaired) electrons. The number of hydrogen-bond acceptors (Lipinski definition) is 5. The fourth-order valence-corrected chi connectivity index (χ4v) is 2.45. The number of benzene rings is 2. The number of carbonyl (C=O) groups is 1. The molecule has 25 heavy (non-hydrogen) atoms. The van der Waals surface area contributed by atoms with Crippen molar-refractivity contribution >= 4 is 5.91 Å². The maximum atomic E-state index is 12.2. The van der Waals surface area contributed by atoms with Crippen LogP contribution in [0.1, 0.15) is 6.92 Å². The Hall–Kier alpha value is -2.89. The highest BCUT2D eigenvalue weighted by Gasteiger charge is 2.22. The molecule has 132 valence electrons. The third-order valence-corrected chi connectivity index (χ3v) is 3.79. The molecule has 6 heteroatoms. The summed E-state index contributed by atoms with van der Waals surface area (Å²) in [7, 11) is 1.58. The topological polar surface area (TPSA) is 66.0 Å². The van der Waals surface area contributed by atoms with Gasteiger partial charge in [0.05, 0.1) is 13.7 Å². The molecule has 1 heterocycles. The lowest BCUT2D eigenvalue weighted by molar-refractivity contribution is -0.127. The number of ether oxygens (including phenoxy) is 4. The third-order valence-electron chi connectivity index (χ3n) is 3.79. The molecule has 6 nitrogen and oxygen atoms in total. The van der Waals surface area contributed by atoms with Gasteiger partial charge in [-0.2, -0.15) is 0 Å². The smallest absolute Gasteiger partial charge is 0.260 e. The molecule has 0 aromatic heterocycles. The molecule has 2 aromatic carbocycles. The average molecular weight is 343 g/mol. The van der Waals surface area contributed by atoms with E-state index in [4.69, 9.17) is 18.9 Å². The Bertz CT molecular complexity index is 733. The van der Waals surface area contributed by atoms with Crippen LogP contribution in [0.5, 0.6) is 23.0 Å². The number of carbonyl (C=O) groups excluding carboxylic acids is 1. The summed E-state index contributed by atoms with van der Waals surface area (Å²) in [5.41, 5.74) is 0. The quantitative estimate of drug-likeness (QED) is 0.873. The van der Waals surface area contributed by atoms with E-state index in [2.05, 4.69) is 5.32 Å². The molecular weight excluding hydrogens is 322 g/mol. The number of para-hydroxylation sites is 2. The molecular formula is C19H21NO5. The highest BCUT2D eigenvalue weighted by molar-refractivity contribution is 5.80. The minimum atomic E-state index is -0.635. The first-order valence-electron chi connectivity index (χ1n) is 8.12. The first-order valence-corrected chi connectivity index (χ1v) is 8.12. The summed E-state index contributed by atoms with van der Waals surface area (Å²) in [4.78, 5) is 12.2. The van der Waals surface area contributed by atoms with E-state index < -0.39 is 6.10 Å². The maximum Gasteiger partial charge on any atom is 0.260 e. The largest absolute Gasteiger partial charge is 0.497 e. The normalized spacial score (nSPS) is 16.6. The van der Waals surface area contributed by atoms with Gasteiger partial charge in [-0.1, -0.05) is 18.2 Å². The second-order valence-electron chi connectivity index (χ2n) is 5.68. The summed E-state index contributed by atoms with van der Waals surface area (Å²) >= 11 is 0. The summed E-state index contributed by atoms with van der Waals surface area (Å²) in [6.45, 7) is 2.43. The van der Waals surface area contributed by atoms with E-state index in [1.54, 1.807) is 26.2 Å². The van der Waals surface area contributed by atoms with Crippen LogP contribution >= 0.6 is 0 Å². The standard InChI is InChI=1S/C19H21NO5/c1-13(24-15-7-5-6-14(10-15)22-2)19(21)20-11-16-12-23-17-8-3-4-9-18(17)25-16/h3-10,13,16H,11-12H2,1-2H3,(H,20,21). The lowest BCUT2D eigenvalue weighted by atomic mass is 10.2. The van der Waals surface area contributed by atoms with Crippen LogP contribution in [0.3, 0.4) is 0 Å². The minimum absolute atomic E-state index is 0.217. The molecule has 2 unspecified atom stereocenters. The SMILES string of the molecule is COc1cccc(OC(C)C(=O)NCC2COc3ccccc3O2)c1. The summed E-state index contributed by atoms with van der Waals surface area (Å²) in [6.07, 6.45) is -0.869. The van der Waals surface area contributed by atoms with Gasteiger partial charge >= 0.3 is 0 Å². The molecule has 3 rings (SSSR count). The molecule has 0 fully saturated rings. The predicted octanol–water partition coefficient (Wildman–Crippen LogP) is 2.42. The molecule has 0 saturated heterocycles. The van der Waals surface area contributed by atoms with E-state index in [1.807, 2.05) is 36.4 Å². The molecule has 1 N–H and O–H groups in total. The van der Waals surface area contributed by atoms with Crippen molar-refractivity contribution in [3.8, 4) is 23.0 Å². The van der Waals surface area contributed by atoms with Crippen molar-refractivity contribution in [1.82, 2.24) is 5.32 Å². The van der Waals surface area contributed by atoms with E-state index in [9.17, 15) is 4.79 Å². The molecule has 2 aromatic rings. The van der Waals surface area contributed by atoms with E-state index in [1.165, 1.54) is 0 Å². The molecule has 1 amide bonds. The van der Waals surface area contributed by atoms with Crippen LogP contribution in [0, 0.1) is 0 Å². The van der Waals surface area contributed by atoms with Gasteiger partial charge in [0.15, 0.2) is 17.6 Å². The predicted molar refractivity (Wildman–Crippen MR) is 92.4 cm³/mol. The highest BCUT2D eigenvalue weighted by atomic mass is 16.6. The summed E-state index contributed by atoms with van der Waals surface area (Å²) in [6, 6.07) is 14.6. The van der Waals surface area contributed by atoms with Gasteiger partial charge in [-0.25, -0.2) is 0 Å². The number of nitrogens with one attached hydrogen (secondary N) is 1. The Kier molecular flexibility index (Phi) is 5.28. The van der Waals surface area contributed by atoms with Crippen LogP contribution in [0.25, 0.3) is 0 Å². The molecule has 0 spiro atoms. The minimum Gasteiger partial charge on any atom is -0.497 e. The maximum absolute atomic E-state index is 12.2. The number of methoxy groups -OCH3 is 1. The highest BCUT2D eigenvalue weighted by Crippen LogP contribution is 2.30. The van der Waals surface area contributed by atoms with Gasteiger partial charge < -0.3 is 24.3 Å². The second-order valence-corrected chi connectivity index (χ2v) is 5.68. The van der Waals surface area contributed by atoms with Gasteiger partial charge in [0.2, 0.25) is 0 Å². The lowest BCUT2D eigenvalue weighted by Crippen LogP contribution is -2.44. The Morgan fingerprint density at radius 2 is 1.96 bits per heavy atom. The van der Waals surface area contributed by atoms with Gasteiger partial charge in [-0.05, 0) is 31.2 Å². The van der Waals surface area contributed by atoms with Crippen molar-refractivity contribution in [2.75, 3.05) is 20.3 Å². The zero-order valence-electron chi connectivity index (χ0n) is 14.2.